The van der Waals surface area contributed by atoms with Gasteiger partial charge in [-0.3, -0.25) is 0 Å². The van der Waals surface area contributed by atoms with Crippen molar-refractivity contribution in [2.24, 2.45) is 0 Å². The van der Waals surface area contributed by atoms with E-state index in [1.807, 2.05) is 18.2 Å². The van der Waals surface area contributed by atoms with Gasteiger partial charge in [-0.15, -0.1) is 0 Å². The van der Waals surface area contributed by atoms with E-state index >= 15 is 0 Å². The van der Waals surface area contributed by atoms with E-state index in [1.165, 1.54) is 4.90 Å². The first-order chi connectivity index (χ1) is 6.45. The molecule has 0 saturated carbocycles. The third-order valence-electron chi connectivity index (χ3n) is 1.56. The topological polar surface area (TPSA) is 12.0 Å². The molecule has 0 spiro atoms. The fourth-order valence-electron chi connectivity index (χ4n) is 0.934. The molecule has 1 heterocycles. The van der Waals surface area contributed by atoms with Crippen LogP contribution in [0.15, 0.2) is 52.1 Å². The summed E-state index contributed by atoms with van der Waals surface area (Å²) in [5.41, 5.74) is 1.14. The van der Waals surface area contributed by atoms with Gasteiger partial charge < -0.3 is 4.72 Å². The zero-order valence-corrected chi connectivity index (χ0v) is 8.57. The predicted octanol–water partition coefficient (Wildman–Crippen LogP) is 3.87. The molecule has 0 bridgehead atoms. The molecular formula is C10H9NS2. The highest BCUT2D eigenvalue weighted by Gasteiger charge is 1.93. The molecule has 0 fully saturated rings. The third-order valence-corrected chi connectivity index (χ3v) is 3.22. The number of anilines is 1. The van der Waals surface area contributed by atoms with Crippen LogP contribution < -0.4 is 4.72 Å². The van der Waals surface area contributed by atoms with Gasteiger partial charge in [0.15, 0.2) is 0 Å². The molecule has 66 valence electrons. The fourth-order valence-corrected chi connectivity index (χ4v) is 2.40. The zero-order valence-electron chi connectivity index (χ0n) is 6.94. The Morgan fingerprint density at radius 2 is 1.92 bits per heavy atom. The molecular weight excluding hydrogens is 198 g/mol. The van der Waals surface area contributed by atoms with Crippen LogP contribution in [0.25, 0.3) is 0 Å². The van der Waals surface area contributed by atoms with E-state index in [9.17, 15) is 0 Å². The molecule has 0 aliphatic heterocycles. The van der Waals surface area contributed by atoms with Crippen LogP contribution in [0.5, 0.6) is 0 Å². The Morgan fingerprint density at radius 1 is 1.08 bits per heavy atom. The number of para-hydroxylation sites is 1. The minimum atomic E-state index is 1.14. The van der Waals surface area contributed by atoms with Crippen molar-refractivity contribution in [3.8, 4) is 0 Å². The largest absolute Gasteiger partial charge is 0.326 e. The highest BCUT2D eigenvalue weighted by atomic mass is 32.2. The molecule has 3 heteroatoms. The van der Waals surface area contributed by atoms with E-state index in [-0.39, 0.29) is 0 Å². The minimum absolute atomic E-state index is 1.14. The normalized spacial score (nSPS) is 9.85. The quantitative estimate of drug-likeness (QED) is 0.767. The van der Waals surface area contributed by atoms with Gasteiger partial charge in [-0.1, -0.05) is 18.2 Å². The Labute approximate surface area is 85.9 Å². The number of hydrogen-bond acceptors (Lipinski definition) is 3. The van der Waals surface area contributed by atoms with Gasteiger partial charge in [0.2, 0.25) is 0 Å². The second-order valence-corrected chi connectivity index (χ2v) is 4.19. The average molecular weight is 207 g/mol. The molecule has 1 nitrogen and oxygen atoms in total. The highest BCUT2D eigenvalue weighted by molar-refractivity contribution is 8.00. The lowest BCUT2D eigenvalue weighted by atomic mass is 10.3. The van der Waals surface area contributed by atoms with Gasteiger partial charge in [-0.2, -0.15) is 11.3 Å². The molecule has 1 aromatic carbocycles. The van der Waals surface area contributed by atoms with Crippen molar-refractivity contribution in [2.75, 3.05) is 4.72 Å². The summed E-state index contributed by atoms with van der Waals surface area (Å²) in [4.78, 5) is 1.26. The van der Waals surface area contributed by atoms with E-state index in [4.69, 9.17) is 0 Å². The van der Waals surface area contributed by atoms with Crippen molar-refractivity contribution in [2.45, 2.75) is 4.90 Å². The van der Waals surface area contributed by atoms with Crippen LogP contribution in [0, 0.1) is 0 Å². The maximum atomic E-state index is 3.27. The molecule has 2 aromatic rings. The van der Waals surface area contributed by atoms with Crippen molar-refractivity contribution in [1.29, 1.82) is 0 Å². The fraction of sp³-hybridized carbons (Fsp3) is 0. The van der Waals surface area contributed by atoms with Gasteiger partial charge in [0.05, 0.1) is 0 Å². The lowest BCUT2D eigenvalue weighted by Crippen LogP contribution is -1.83. The zero-order chi connectivity index (χ0) is 8.93. The van der Waals surface area contributed by atoms with Crippen LogP contribution in [0.3, 0.4) is 0 Å². The summed E-state index contributed by atoms with van der Waals surface area (Å²) in [6.45, 7) is 0. The van der Waals surface area contributed by atoms with Gasteiger partial charge in [0.25, 0.3) is 0 Å². The monoisotopic (exact) mass is 207 g/mol. The number of benzene rings is 1. The number of rotatable bonds is 3. The molecule has 0 amide bonds. The number of thiophene rings is 1. The van der Waals surface area contributed by atoms with Crippen molar-refractivity contribution >= 4 is 29.0 Å². The number of hydrogen-bond donors (Lipinski definition) is 1. The molecule has 0 unspecified atom stereocenters. The molecule has 1 N–H and O–H groups in total. The minimum Gasteiger partial charge on any atom is -0.326 e. The van der Waals surface area contributed by atoms with E-state index in [2.05, 4.69) is 33.7 Å². The summed E-state index contributed by atoms with van der Waals surface area (Å²) in [5, 5.41) is 4.20. The Kier molecular flexibility index (Phi) is 2.90. The molecule has 0 aliphatic rings. The smallest absolute Gasteiger partial charge is 0.0443 e. The van der Waals surface area contributed by atoms with Gasteiger partial charge in [0, 0.05) is 16.0 Å². The summed E-state index contributed by atoms with van der Waals surface area (Å²) in [5.74, 6) is 0. The first-order valence-corrected chi connectivity index (χ1v) is 5.71. The summed E-state index contributed by atoms with van der Waals surface area (Å²) in [6.07, 6.45) is 0. The lowest BCUT2D eigenvalue weighted by Gasteiger charge is -2.01. The van der Waals surface area contributed by atoms with Crippen LogP contribution in [-0.2, 0) is 0 Å². The molecule has 0 radical (unpaired) electrons. The van der Waals surface area contributed by atoms with E-state index in [0.29, 0.717) is 0 Å². The summed E-state index contributed by atoms with van der Waals surface area (Å²) >= 11 is 3.35. The predicted molar refractivity (Wildman–Crippen MR) is 60.2 cm³/mol. The van der Waals surface area contributed by atoms with Gasteiger partial charge >= 0.3 is 0 Å². The second-order valence-electron chi connectivity index (χ2n) is 2.53. The molecule has 2 rings (SSSR count). The molecule has 0 saturated heterocycles. The molecule has 0 atom stereocenters. The van der Waals surface area contributed by atoms with Crippen molar-refractivity contribution in [1.82, 2.24) is 0 Å². The maximum Gasteiger partial charge on any atom is 0.0443 e. The van der Waals surface area contributed by atoms with Gasteiger partial charge in [-0.25, -0.2) is 0 Å². The van der Waals surface area contributed by atoms with Crippen molar-refractivity contribution in [3.05, 3.63) is 47.2 Å². The maximum absolute atomic E-state index is 3.27. The standard InChI is InChI=1S/C10H9NS2/c1-2-4-9(5-3-1)11-13-10-6-7-12-8-10/h1-8,11H. The van der Waals surface area contributed by atoms with E-state index < -0.39 is 0 Å². The lowest BCUT2D eigenvalue weighted by molar-refractivity contribution is 1.58. The Bertz CT molecular complexity index is 342. The number of nitrogens with one attached hydrogen (secondary N) is 1. The molecule has 0 aliphatic carbocycles. The van der Waals surface area contributed by atoms with Crippen LogP contribution in [0.2, 0.25) is 0 Å². The average Bonchev–Trinajstić information content (AvgIpc) is 2.69. The summed E-state index contributed by atoms with van der Waals surface area (Å²) in [7, 11) is 0. The summed E-state index contributed by atoms with van der Waals surface area (Å²) in [6, 6.07) is 12.3. The van der Waals surface area contributed by atoms with Crippen molar-refractivity contribution in [3.63, 3.8) is 0 Å². The Morgan fingerprint density at radius 3 is 2.62 bits per heavy atom. The van der Waals surface area contributed by atoms with Crippen molar-refractivity contribution < 1.29 is 0 Å². The molecule has 13 heavy (non-hydrogen) atoms. The van der Waals surface area contributed by atoms with Crippen LogP contribution in [0.1, 0.15) is 0 Å². The van der Waals surface area contributed by atoms with Gasteiger partial charge in [-0.05, 0) is 35.5 Å². The SMILES string of the molecule is c1ccc(NSc2ccsc2)cc1. The highest BCUT2D eigenvalue weighted by Crippen LogP contribution is 2.22. The van der Waals surface area contributed by atoms with Gasteiger partial charge in [0.1, 0.15) is 0 Å². The third kappa shape index (κ3) is 2.50. The van der Waals surface area contributed by atoms with Crippen LogP contribution >= 0.6 is 23.3 Å². The first kappa shape index (κ1) is 8.66. The van der Waals surface area contributed by atoms with Crippen LogP contribution in [-0.4, -0.2) is 0 Å². The Balaban J connectivity index is 1.94. The van der Waals surface area contributed by atoms with Crippen LogP contribution in [0.4, 0.5) is 5.69 Å². The molecule has 1 aromatic heterocycles. The summed E-state index contributed by atoms with van der Waals surface area (Å²) < 4.78 is 3.27. The van der Waals surface area contributed by atoms with E-state index in [0.717, 1.165) is 5.69 Å². The second kappa shape index (κ2) is 4.35. The van der Waals surface area contributed by atoms with E-state index in [1.54, 1.807) is 23.3 Å². The Hall–Kier alpha value is -0.930. The first-order valence-electron chi connectivity index (χ1n) is 3.95.